The Kier molecular flexibility index (Phi) is 5.76. The van der Waals surface area contributed by atoms with Crippen LogP contribution in [-0.4, -0.2) is 63.1 Å². The summed E-state index contributed by atoms with van der Waals surface area (Å²) in [5.41, 5.74) is 1.78. The molecule has 2 aliphatic heterocycles. The third kappa shape index (κ3) is 4.25. The third-order valence-electron chi connectivity index (χ3n) is 5.74. The van der Waals surface area contributed by atoms with Gasteiger partial charge in [0.2, 0.25) is 10.0 Å². The summed E-state index contributed by atoms with van der Waals surface area (Å²) in [5.74, 6) is -0.600. The minimum atomic E-state index is -3.68. The van der Waals surface area contributed by atoms with Gasteiger partial charge in [0, 0.05) is 24.2 Å². The predicted molar refractivity (Wildman–Crippen MR) is 124 cm³/mol. The molecule has 1 aromatic heterocycles. The van der Waals surface area contributed by atoms with Crippen molar-refractivity contribution < 1.29 is 26.4 Å². The number of rotatable bonds is 5. The van der Waals surface area contributed by atoms with Crippen LogP contribution in [0.2, 0.25) is 0 Å². The number of fused-ring (bicyclic) bond motifs is 1. The summed E-state index contributed by atoms with van der Waals surface area (Å²) in [6.45, 7) is 1.24. The fourth-order valence-electron chi connectivity index (χ4n) is 4.02. The van der Waals surface area contributed by atoms with Crippen LogP contribution in [0.4, 0.5) is 5.82 Å². The summed E-state index contributed by atoms with van der Waals surface area (Å²) in [7, 11) is -7.00. The molecule has 0 spiro atoms. The zero-order valence-electron chi connectivity index (χ0n) is 18.0. The van der Waals surface area contributed by atoms with Crippen LogP contribution in [-0.2, 0) is 36.1 Å². The minimum Gasteiger partial charge on any atom is -0.379 e. The van der Waals surface area contributed by atoms with Crippen LogP contribution in [0.15, 0.2) is 59.5 Å². The predicted octanol–water partition coefficient (Wildman–Crippen LogP) is 1.57. The number of morpholine rings is 1. The number of sulfone groups is 1. The Morgan fingerprint density at radius 2 is 1.65 bits per heavy atom. The molecular formula is C22H22N4O6S2. The lowest BCUT2D eigenvalue weighted by Gasteiger charge is -2.26. The van der Waals surface area contributed by atoms with Gasteiger partial charge in [-0.05, 0) is 36.4 Å². The molecule has 178 valence electrons. The monoisotopic (exact) mass is 502 g/mol. The highest BCUT2D eigenvalue weighted by Crippen LogP contribution is 2.33. The van der Waals surface area contributed by atoms with E-state index < -0.39 is 25.8 Å². The molecule has 2 aliphatic rings. The molecule has 0 aliphatic carbocycles. The first-order valence-corrected chi connectivity index (χ1v) is 13.9. The van der Waals surface area contributed by atoms with Crippen molar-refractivity contribution in [3.8, 4) is 5.69 Å². The number of amides is 1. The summed E-state index contributed by atoms with van der Waals surface area (Å²) in [6.07, 6.45) is 0. The fourth-order valence-corrected chi connectivity index (χ4v) is 6.92. The number of nitrogens with zero attached hydrogens (tertiary/aromatic N) is 3. The second kappa shape index (κ2) is 8.62. The molecule has 0 atom stereocenters. The number of benzene rings is 2. The van der Waals surface area contributed by atoms with Gasteiger partial charge in [0.25, 0.3) is 5.91 Å². The topological polar surface area (TPSA) is 128 Å². The average Bonchev–Trinajstić information content (AvgIpc) is 3.32. The largest absolute Gasteiger partial charge is 0.379 e. The highest BCUT2D eigenvalue weighted by molar-refractivity contribution is 7.90. The maximum Gasteiger partial charge on any atom is 0.256 e. The molecule has 12 heteroatoms. The first-order chi connectivity index (χ1) is 16.2. The van der Waals surface area contributed by atoms with Crippen LogP contribution in [0.5, 0.6) is 0 Å². The molecule has 1 fully saturated rings. The Morgan fingerprint density at radius 1 is 0.971 bits per heavy atom. The Labute approximate surface area is 197 Å². The van der Waals surface area contributed by atoms with E-state index >= 15 is 0 Å². The van der Waals surface area contributed by atoms with Gasteiger partial charge in [-0.2, -0.15) is 9.40 Å². The van der Waals surface area contributed by atoms with Gasteiger partial charge in [0.1, 0.15) is 5.82 Å². The van der Waals surface area contributed by atoms with Gasteiger partial charge < -0.3 is 10.1 Å². The Hall–Kier alpha value is -3.06. The number of carbonyl (C=O) groups is 1. The van der Waals surface area contributed by atoms with Crippen molar-refractivity contribution in [1.82, 2.24) is 14.1 Å². The normalized spacial score (nSPS) is 17.9. The molecule has 2 aromatic carbocycles. The van der Waals surface area contributed by atoms with Crippen molar-refractivity contribution >= 4 is 31.6 Å². The molecule has 1 N–H and O–H groups in total. The van der Waals surface area contributed by atoms with E-state index in [9.17, 15) is 21.6 Å². The third-order valence-corrected chi connectivity index (χ3v) is 9.10. The minimum absolute atomic E-state index is 0.0901. The molecule has 0 bridgehead atoms. The smallest absolute Gasteiger partial charge is 0.256 e. The van der Waals surface area contributed by atoms with E-state index in [-0.39, 0.29) is 40.9 Å². The van der Waals surface area contributed by atoms with Crippen molar-refractivity contribution in [1.29, 1.82) is 0 Å². The Bertz CT molecular complexity index is 1440. The quantitative estimate of drug-likeness (QED) is 0.561. The molecule has 10 nitrogen and oxygen atoms in total. The zero-order chi connectivity index (χ0) is 23.9. The van der Waals surface area contributed by atoms with Crippen LogP contribution in [0.3, 0.4) is 0 Å². The lowest BCUT2D eigenvalue weighted by Crippen LogP contribution is -2.40. The second-order valence-electron chi connectivity index (χ2n) is 8.05. The van der Waals surface area contributed by atoms with Crippen molar-refractivity contribution in [3.63, 3.8) is 0 Å². The highest BCUT2D eigenvalue weighted by atomic mass is 32.2. The summed E-state index contributed by atoms with van der Waals surface area (Å²) < 4.78 is 58.0. The van der Waals surface area contributed by atoms with Crippen LogP contribution in [0.1, 0.15) is 21.6 Å². The zero-order valence-corrected chi connectivity index (χ0v) is 19.7. The molecule has 1 amide bonds. The lowest BCUT2D eigenvalue weighted by molar-refractivity contribution is 0.0730. The van der Waals surface area contributed by atoms with Gasteiger partial charge in [-0.3, -0.25) is 4.79 Å². The Morgan fingerprint density at radius 3 is 2.32 bits per heavy atom. The summed E-state index contributed by atoms with van der Waals surface area (Å²) in [5, 5.41) is 7.21. The summed E-state index contributed by atoms with van der Waals surface area (Å²) in [6, 6.07) is 14.7. The molecule has 5 rings (SSSR count). The van der Waals surface area contributed by atoms with Gasteiger partial charge >= 0.3 is 0 Å². The van der Waals surface area contributed by atoms with Gasteiger partial charge in [-0.15, -0.1) is 0 Å². The van der Waals surface area contributed by atoms with Gasteiger partial charge in [-0.1, -0.05) is 18.2 Å². The van der Waals surface area contributed by atoms with Crippen molar-refractivity contribution in [2.45, 2.75) is 16.4 Å². The van der Waals surface area contributed by atoms with Crippen LogP contribution < -0.4 is 5.32 Å². The molecular weight excluding hydrogens is 480 g/mol. The number of ether oxygens (including phenoxy) is 1. The van der Waals surface area contributed by atoms with E-state index in [4.69, 9.17) is 4.74 Å². The van der Waals surface area contributed by atoms with E-state index in [2.05, 4.69) is 10.4 Å². The summed E-state index contributed by atoms with van der Waals surface area (Å²) in [4.78, 5) is 13.1. The van der Waals surface area contributed by atoms with Crippen molar-refractivity contribution in [3.05, 3.63) is 71.4 Å². The fraction of sp³-hybridized carbons (Fsp3) is 0.273. The highest BCUT2D eigenvalue weighted by Gasteiger charge is 2.33. The molecule has 1 saturated heterocycles. The van der Waals surface area contributed by atoms with Crippen LogP contribution in [0, 0.1) is 0 Å². The number of para-hydroxylation sites is 1. The molecule has 34 heavy (non-hydrogen) atoms. The number of carbonyl (C=O) groups excluding carboxylic acids is 1. The number of aromatic nitrogens is 2. The maximum absolute atomic E-state index is 13.0. The number of anilines is 1. The standard InChI is InChI=1S/C22H22N4O6S2/c27-22(16-6-8-18(9-7-16)34(30,31)25-10-12-32-13-11-25)23-21-19-14-33(28,29)15-20(19)24-26(21)17-4-2-1-3-5-17/h1-9H,10-15H2,(H,23,27). The maximum atomic E-state index is 13.0. The molecule has 3 aromatic rings. The van der Waals surface area contributed by atoms with E-state index in [1.54, 1.807) is 12.1 Å². The summed E-state index contributed by atoms with van der Waals surface area (Å²) >= 11 is 0. The van der Waals surface area contributed by atoms with Crippen LogP contribution in [0.25, 0.3) is 5.69 Å². The lowest BCUT2D eigenvalue weighted by atomic mass is 10.2. The molecule has 3 heterocycles. The average molecular weight is 503 g/mol. The van der Waals surface area contributed by atoms with Crippen molar-refractivity contribution in [2.75, 3.05) is 31.6 Å². The second-order valence-corrected chi connectivity index (χ2v) is 12.1. The molecule has 0 unspecified atom stereocenters. The van der Waals surface area contributed by atoms with E-state index in [0.29, 0.717) is 30.2 Å². The van der Waals surface area contributed by atoms with Gasteiger partial charge in [0.15, 0.2) is 9.84 Å². The molecule has 0 radical (unpaired) electrons. The van der Waals surface area contributed by atoms with Gasteiger partial charge in [-0.25, -0.2) is 21.5 Å². The molecule has 0 saturated carbocycles. The van der Waals surface area contributed by atoms with Crippen LogP contribution >= 0.6 is 0 Å². The van der Waals surface area contributed by atoms with E-state index in [0.717, 1.165) is 0 Å². The number of sulfonamides is 1. The van der Waals surface area contributed by atoms with Gasteiger partial charge in [0.05, 0.1) is 41.0 Å². The first-order valence-electron chi connectivity index (χ1n) is 10.6. The number of hydrogen-bond donors (Lipinski definition) is 1. The van der Waals surface area contributed by atoms with Crippen molar-refractivity contribution in [2.24, 2.45) is 0 Å². The number of hydrogen-bond acceptors (Lipinski definition) is 7. The van der Waals surface area contributed by atoms with E-state index in [1.165, 1.54) is 33.3 Å². The SMILES string of the molecule is O=C(Nc1c2c(nn1-c1ccccc1)CS(=O)(=O)C2)c1ccc(S(=O)(=O)N2CCOCC2)cc1. The Balaban J connectivity index is 1.43. The number of nitrogens with one attached hydrogen (secondary N) is 1. The first kappa shape index (κ1) is 22.7. The van der Waals surface area contributed by atoms with E-state index in [1.807, 2.05) is 18.2 Å².